The number of para-hydroxylation sites is 3. The molecule has 2 aromatic heterocycles. The minimum atomic E-state index is 0.909. The van der Waals surface area contributed by atoms with Crippen LogP contribution in [-0.4, -0.2) is 4.57 Å². The molecule has 0 radical (unpaired) electrons. The molecule has 3 heteroatoms. The number of rotatable bonds is 7. The maximum absolute atomic E-state index is 6.21. The Bertz CT molecular complexity index is 3880. The molecule has 0 aliphatic heterocycles. The van der Waals surface area contributed by atoms with Crippen molar-refractivity contribution in [2.45, 2.75) is 0 Å². The molecule has 0 N–H and O–H groups in total. The topological polar surface area (TPSA) is 21.3 Å². The van der Waals surface area contributed by atoms with E-state index in [-0.39, 0.29) is 0 Å². The molecule has 0 spiro atoms. The van der Waals surface area contributed by atoms with E-state index < -0.39 is 0 Å². The Labute approximate surface area is 376 Å². The average molecular weight is 829 g/mol. The van der Waals surface area contributed by atoms with Gasteiger partial charge in [0, 0.05) is 44.0 Å². The van der Waals surface area contributed by atoms with Crippen molar-refractivity contribution in [2.24, 2.45) is 0 Å². The van der Waals surface area contributed by atoms with Gasteiger partial charge >= 0.3 is 0 Å². The number of benzene rings is 11. The van der Waals surface area contributed by atoms with Gasteiger partial charge in [0.1, 0.15) is 11.2 Å². The van der Waals surface area contributed by atoms with Gasteiger partial charge < -0.3 is 13.9 Å². The Morgan fingerprint density at radius 1 is 0.292 bits per heavy atom. The zero-order valence-electron chi connectivity index (χ0n) is 35.4. The van der Waals surface area contributed by atoms with E-state index in [4.69, 9.17) is 4.42 Å². The molecule has 0 aliphatic carbocycles. The van der Waals surface area contributed by atoms with Gasteiger partial charge in [-0.1, -0.05) is 170 Å². The third-order valence-electron chi connectivity index (χ3n) is 13.2. The van der Waals surface area contributed by atoms with Gasteiger partial charge in [-0.15, -0.1) is 0 Å². The van der Waals surface area contributed by atoms with Crippen molar-refractivity contribution in [3.8, 4) is 39.1 Å². The molecule has 13 rings (SSSR count). The van der Waals surface area contributed by atoms with Crippen LogP contribution in [0.4, 0.5) is 17.1 Å². The molecule has 0 unspecified atom stereocenters. The number of hydrogen-bond donors (Lipinski definition) is 0. The largest absolute Gasteiger partial charge is 0.456 e. The lowest BCUT2D eigenvalue weighted by atomic mass is 9.98. The second kappa shape index (κ2) is 15.0. The second-order valence-corrected chi connectivity index (χ2v) is 16.9. The Kier molecular flexibility index (Phi) is 8.53. The van der Waals surface area contributed by atoms with E-state index in [0.29, 0.717) is 0 Å². The monoisotopic (exact) mass is 828 g/mol. The van der Waals surface area contributed by atoms with E-state index in [2.05, 4.69) is 240 Å². The van der Waals surface area contributed by atoms with Gasteiger partial charge in [0.25, 0.3) is 0 Å². The van der Waals surface area contributed by atoms with Gasteiger partial charge in [-0.25, -0.2) is 0 Å². The molecule has 0 fully saturated rings. The lowest BCUT2D eigenvalue weighted by Crippen LogP contribution is -2.10. The Balaban J connectivity index is 0.871. The number of aromatic nitrogens is 1. The summed E-state index contributed by atoms with van der Waals surface area (Å²) in [6, 6.07) is 87.8. The fraction of sp³-hybridized carbons (Fsp3) is 0. The average Bonchev–Trinajstić information content (AvgIpc) is 3.93. The van der Waals surface area contributed by atoms with Crippen LogP contribution >= 0.6 is 0 Å². The first-order chi connectivity index (χ1) is 32.2. The number of nitrogens with zero attached hydrogens (tertiary/aromatic N) is 2. The third-order valence-corrected chi connectivity index (χ3v) is 13.2. The molecule has 0 amide bonds. The van der Waals surface area contributed by atoms with Gasteiger partial charge in [0.15, 0.2) is 0 Å². The highest BCUT2D eigenvalue weighted by Gasteiger charge is 2.19. The van der Waals surface area contributed by atoms with Crippen molar-refractivity contribution < 1.29 is 4.42 Å². The van der Waals surface area contributed by atoms with Gasteiger partial charge in [-0.2, -0.15) is 0 Å². The smallest absolute Gasteiger partial charge is 0.136 e. The predicted octanol–water partition coefficient (Wildman–Crippen LogP) is 17.5. The summed E-state index contributed by atoms with van der Waals surface area (Å²) in [5.41, 5.74) is 15.7. The summed E-state index contributed by atoms with van der Waals surface area (Å²) in [7, 11) is 0. The van der Waals surface area contributed by atoms with Crippen molar-refractivity contribution in [3.05, 3.63) is 243 Å². The molecule has 0 saturated heterocycles. The van der Waals surface area contributed by atoms with Crippen LogP contribution in [0.2, 0.25) is 0 Å². The predicted molar refractivity (Wildman–Crippen MR) is 274 cm³/mol. The molecule has 2 heterocycles. The zero-order valence-corrected chi connectivity index (χ0v) is 35.4. The van der Waals surface area contributed by atoms with Gasteiger partial charge in [0.2, 0.25) is 0 Å². The highest BCUT2D eigenvalue weighted by atomic mass is 16.3. The number of anilines is 3. The minimum absolute atomic E-state index is 0.909. The summed E-state index contributed by atoms with van der Waals surface area (Å²) in [6.07, 6.45) is 0. The maximum atomic E-state index is 6.21. The van der Waals surface area contributed by atoms with Crippen LogP contribution in [-0.2, 0) is 0 Å². The van der Waals surface area contributed by atoms with E-state index in [9.17, 15) is 0 Å². The zero-order chi connectivity index (χ0) is 42.8. The summed E-state index contributed by atoms with van der Waals surface area (Å²) >= 11 is 0. The number of furan rings is 1. The van der Waals surface area contributed by atoms with Crippen LogP contribution in [0.1, 0.15) is 0 Å². The fourth-order valence-corrected chi connectivity index (χ4v) is 10.0. The van der Waals surface area contributed by atoms with Crippen molar-refractivity contribution in [3.63, 3.8) is 0 Å². The Hall–Kier alpha value is -8.66. The van der Waals surface area contributed by atoms with Gasteiger partial charge in [-0.05, 0) is 122 Å². The van der Waals surface area contributed by atoms with E-state index in [1.54, 1.807) is 0 Å². The maximum Gasteiger partial charge on any atom is 0.136 e. The first kappa shape index (κ1) is 36.9. The van der Waals surface area contributed by atoms with Crippen LogP contribution in [0.15, 0.2) is 247 Å². The van der Waals surface area contributed by atoms with E-state index in [1.165, 1.54) is 54.5 Å². The lowest BCUT2D eigenvalue weighted by Gasteiger charge is -2.28. The first-order valence-corrected chi connectivity index (χ1v) is 22.2. The molecule has 11 aromatic carbocycles. The van der Waals surface area contributed by atoms with Crippen molar-refractivity contribution in [2.75, 3.05) is 4.90 Å². The minimum Gasteiger partial charge on any atom is -0.456 e. The van der Waals surface area contributed by atoms with E-state index in [1.807, 2.05) is 12.1 Å². The summed E-state index contributed by atoms with van der Waals surface area (Å²) in [5.74, 6) is 0. The standard InChI is InChI=1S/C62H40N2O/c1-2-15-51-47(12-1)39-60(53-17-4-3-16-52(51)53)63(48-33-28-42(29-34-48)41-24-26-43(27-25-41)46-32-37-57-56-20-7-10-23-61(56)65-62(57)40-46)49-35-30-44(31-36-49)45-13-11-14-50(38-45)64-58-21-8-5-18-54(58)55-19-6-9-22-59(55)64/h1-40H. The highest BCUT2D eigenvalue weighted by molar-refractivity contribution is 6.15. The van der Waals surface area contributed by atoms with E-state index in [0.717, 1.165) is 66.9 Å². The first-order valence-electron chi connectivity index (χ1n) is 22.2. The van der Waals surface area contributed by atoms with Crippen LogP contribution in [0.25, 0.3) is 104 Å². The quantitative estimate of drug-likeness (QED) is 0.149. The van der Waals surface area contributed by atoms with Crippen LogP contribution < -0.4 is 4.90 Å². The third kappa shape index (κ3) is 6.20. The lowest BCUT2D eigenvalue weighted by molar-refractivity contribution is 0.669. The van der Waals surface area contributed by atoms with Crippen molar-refractivity contribution in [1.82, 2.24) is 4.57 Å². The van der Waals surface area contributed by atoms with Crippen LogP contribution in [0.5, 0.6) is 0 Å². The van der Waals surface area contributed by atoms with E-state index >= 15 is 0 Å². The van der Waals surface area contributed by atoms with Gasteiger partial charge in [-0.3, -0.25) is 0 Å². The molecule has 0 aliphatic rings. The number of hydrogen-bond acceptors (Lipinski definition) is 2. The Morgan fingerprint density at radius 2 is 0.769 bits per heavy atom. The van der Waals surface area contributed by atoms with Gasteiger partial charge in [0.05, 0.1) is 16.7 Å². The molecular formula is C62H40N2O. The van der Waals surface area contributed by atoms with Crippen molar-refractivity contribution in [1.29, 1.82) is 0 Å². The number of fused-ring (bicyclic) bond motifs is 9. The van der Waals surface area contributed by atoms with Crippen LogP contribution in [0, 0.1) is 0 Å². The summed E-state index contributed by atoms with van der Waals surface area (Å²) in [6.45, 7) is 0. The van der Waals surface area contributed by atoms with Crippen LogP contribution in [0.3, 0.4) is 0 Å². The summed E-state index contributed by atoms with van der Waals surface area (Å²) in [5, 5.41) is 9.72. The summed E-state index contributed by atoms with van der Waals surface area (Å²) in [4.78, 5) is 2.41. The molecule has 3 nitrogen and oxygen atoms in total. The Morgan fingerprint density at radius 3 is 1.43 bits per heavy atom. The normalized spacial score (nSPS) is 11.7. The molecule has 0 atom stereocenters. The molecule has 13 aromatic rings. The molecule has 0 saturated carbocycles. The SMILES string of the molecule is c1cc(-c2ccc(N(c3ccc(-c4ccc(-c5ccc6c(c5)oc5ccccc56)cc4)cc3)c3cc4ccccc4c4ccccc34)cc2)cc(-n2c3ccccc3c3ccccc32)c1. The van der Waals surface area contributed by atoms with Crippen molar-refractivity contribution >= 4 is 82.4 Å². The fourth-order valence-electron chi connectivity index (χ4n) is 10.0. The molecule has 0 bridgehead atoms. The molecular weight excluding hydrogens is 789 g/mol. The highest BCUT2D eigenvalue weighted by Crippen LogP contribution is 2.43. The summed E-state index contributed by atoms with van der Waals surface area (Å²) < 4.78 is 8.59. The molecule has 304 valence electrons. The molecule has 65 heavy (non-hydrogen) atoms. The second-order valence-electron chi connectivity index (χ2n) is 16.9.